The summed E-state index contributed by atoms with van der Waals surface area (Å²) < 4.78 is 10.6. The number of ether oxygens (including phenoxy) is 2. The van der Waals surface area contributed by atoms with E-state index < -0.39 is 6.10 Å². The van der Waals surface area contributed by atoms with Crippen molar-refractivity contribution in [3.8, 4) is 11.5 Å². The van der Waals surface area contributed by atoms with Crippen LogP contribution in [0.1, 0.15) is 20.8 Å². The molecule has 0 aliphatic rings. The summed E-state index contributed by atoms with van der Waals surface area (Å²) in [6, 6.07) is 7.34. The van der Waals surface area contributed by atoms with Crippen LogP contribution in [0.3, 0.4) is 0 Å². The molecule has 18 heavy (non-hydrogen) atoms. The van der Waals surface area contributed by atoms with E-state index in [1.165, 1.54) is 0 Å². The van der Waals surface area contributed by atoms with Crippen molar-refractivity contribution in [1.82, 2.24) is 0 Å². The number of methoxy groups -OCH3 is 1. The second-order valence-corrected chi connectivity index (χ2v) is 5.45. The fraction of sp³-hybridized carbons (Fsp3) is 0.571. The second kappa shape index (κ2) is 6.61. The van der Waals surface area contributed by atoms with Crippen molar-refractivity contribution in [2.75, 3.05) is 20.3 Å². The molecule has 0 unspecified atom stereocenters. The van der Waals surface area contributed by atoms with Crippen LogP contribution in [0.4, 0.5) is 0 Å². The van der Waals surface area contributed by atoms with Crippen molar-refractivity contribution in [2.45, 2.75) is 32.4 Å². The van der Waals surface area contributed by atoms with Crippen LogP contribution in [-0.4, -0.2) is 37.0 Å². The van der Waals surface area contributed by atoms with Gasteiger partial charge in [-0.2, -0.15) is 0 Å². The monoisotopic (exact) mass is 254 g/mol. The molecule has 3 N–H and O–H groups in total. The molecule has 1 atom stereocenters. The van der Waals surface area contributed by atoms with Gasteiger partial charge in [0.1, 0.15) is 30.8 Å². The summed E-state index contributed by atoms with van der Waals surface area (Å²) in [6.07, 6.45) is -0.466. The molecular formula is C14H24NO3+. The van der Waals surface area contributed by atoms with Crippen molar-refractivity contribution in [3.05, 3.63) is 24.3 Å². The van der Waals surface area contributed by atoms with Crippen molar-refractivity contribution < 1.29 is 19.9 Å². The SMILES string of the molecule is COc1ccc(OC[C@H](O)C[NH2+]C(C)(C)C)cc1. The van der Waals surface area contributed by atoms with Gasteiger partial charge in [0.15, 0.2) is 0 Å². The van der Waals surface area contributed by atoms with E-state index in [1.54, 1.807) is 7.11 Å². The molecule has 4 heteroatoms. The van der Waals surface area contributed by atoms with Gasteiger partial charge in [0.2, 0.25) is 0 Å². The van der Waals surface area contributed by atoms with Crippen LogP contribution < -0.4 is 14.8 Å². The Morgan fingerprint density at radius 3 is 2.22 bits per heavy atom. The van der Waals surface area contributed by atoms with Crippen LogP contribution in [0.25, 0.3) is 0 Å². The molecule has 1 aromatic rings. The molecular weight excluding hydrogens is 230 g/mol. The van der Waals surface area contributed by atoms with E-state index in [-0.39, 0.29) is 5.54 Å². The van der Waals surface area contributed by atoms with E-state index in [1.807, 2.05) is 24.3 Å². The molecule has 0 saturated carbocycles. The highest BCUT2D eigenvalue weighted by Gasteiger charge is 2.16. The topological polar surface area (TPSA) is 55.3 Å². The van der Waals surface area contributed by atoms with Gasteiger partial charge < -0.3 is 19.9 Å². The third-order valence-corrected chi connectivity index (χ3v) is 2.50. The minimum atomic E-state index is -0.466. The van der Waals surface area contributed by atoms with Crippen LogP contribution in [0.5, 0.6) is 11.5 Å². The summed E-state index contributed by atoms with van der Waals surface area (Å²) in [5.41, 5.74) is 0.126. The van der Waals surface area contributed by atoms with E-state index in [0.717, 1.165) is 11.5 Å². The quantitative estimate of drug-likeness (QED) is 0.789. The van der Waals surface area contributed by atoms with E-state index in [2.05, 4.69) is 26.1 Å². The minimum absolute atomic E-state index is 0.126. The van der Waals surface area contributed by atoms with Gasteiger partial charge in [-0.05, 0) is 45.0 Å². The lowest BCUT2D eigenvalue weighted by Crippen LogP contribution is -2.96. The number of benzene rings is 1. The average Bonchev–Trinajstić information content (AvgIpc) is 2.33. The first-order valence-corrected chi connectivity index (χ1v) is 6.20. The summed E-state index contributed by atoms with van der Waals surface area (Å²) in [7, 11) is 1.63. The minimum Gasteiger partial charge on any atom is -0.497 e. The van der Waals surface area contributed by atoms with E-state index in [4.69, 9.17) is 9.47 Å². The van der Waals surface area contributed by atoms with Crippen molar-refractivity contribution in [2.24, 2.45) is 0 Å². The fourth-order valence-electron chi connectivity index (χ4n) is 1.42. The standard InChI is InChI=1S/C14H23NO3/c1-14(2,3)15-9-11(16)10-18-13-7-5-12(17-4)6-8-13/h5-8,11,15-16H,9-10H2,1-4H3/p+1/t11-/m1/s1. The van der Waals surface area contributed by atoms with E-state index >= 15 is 0 Å². The van der Waals surface area contributed by atoms with Gasteiger partial charge in [-0.25, -0.2) is 0 Å². The lowest BCUT2D eigenvalue weighted by molar-refractivity contribution is -0.722. The molecule has 0 bridgehead atoms. The molecule has 0 aliphatic heterocycles. The zero-order valence-electron chi connectivity index (χ0n) is 11.6. The number of rotatable bonds is 6. The van der Waals surface area contributed by atoms with Crippen LogP contribution in [0.15, 0.2) is 24.3 Å². The van der Waals surface area contributed by atoms with E-state index in [0.29, 0.717) is 13.2 Å². The fourth-order valence-corrected chi connectivity index (χ4v) is 1.42. The summed E-state index contributed by atoms with van der Waals surface area (Å²) in [6.45, 7) is 7.29. The summed E-state index contributed by atoms with van der Waals surface area (Å²) in [5, 5.41) is 11.9. The Hall–Kier alpha value is -1.26. The molecule has 4 nitrogen and oxygen atoms in total. The second-order valence-electron chi connectivity index (χ2n) is 5.45. The van der Waals surface area contributed by atoms with Crippen LogP contribution in [0, 0.1) is 0 Å². The highest BCUT2D eigenvalue weighted by atomic mass is 16.5. The highest BCUT2D eigenvalue weighted by molar-refractivity contribution is 5.31. The molecule has 0 heterocycles. The normalized spacial score (nSPS) is 13.2. The summed E-state index contributed by atoms with van der Waals surface area (Å²) in [4.78, 5) is 0. The average molecular weight is 254 g/mol. The Balaban J connectivity index is 2.31. The first kappa shape index (κ1) is 14.8. The van der Waals surface area contributed by atoms with E-state index in [9.17, 15) is 5.11 Å². The number of hydrogen-bond acceptors (Lipinski definition) is 3. The lowest BCUT2D eigenvalue weighted by Gasteiger charge is -2.19. The summed E-state index contributed by atoms with van der Waals surface area (Å²) >= 11 is 0. The van der Waals surface area contributed by atoms with Crippen LogP contribution in [0.2, 0.25) is 0 Å². The summed E-state index contributed by atoms with van der Waals surface area (Å²) in [5.74, 6) is 1.54. The molecule has 0 aromatic heterocycles. The van der Waals surface area contributed by atoms with Gasteiger partial charge in [-0.3, -0.25) is 0 Å². The highest BCUT2D eigenvalue weighted by Crippen LogP contribution is 2.16. The Morgan fingerprint density at radius 1 is 1.17 bits per heavy atom. The maximum absolute atomic E-state index is 9.79. The van der Waals surface area contributed by atoms with Gasteiger partial charge in [0, 0.05) is 0 Å². The van der Waals surface area contributed by atoms with Crippen molar-refractivity contribution >= 4 is 0 Å². The first-order chi connectivity index (χ1) is 8.40. The molecule has 1 rings (SSSR count). The number of hydrogen-bond donors (Lipinski definition) is 2. The largest absolute Gasteiger partial charge is 0.497 e. The zero-order chi connectivity index (χ0) is 13.6. The zero-order valence-corrected chi connectivity index (χ0v) is 11.6. The molecule has 0 saturated heterocycles. The third-order valence-electron chi connectivity index (χ3n) is 2.50. The van der Waals surface area contributed by atoms with Gasteiger partial charge >= 0.3 is 0 Å². The molecule has 0 fully saturated rings. The Bertz CT molecular complexity index is 343. The third kappa shape index (κ3) is 5.89. The Labute approximate surface area is 109 Å². The predicted molar refractivity (Wildman–Crippen MR) is 71.0 cm³/mol. The molecule has 102 valence electrons. The van der Waals surface area contributed by atoms with Crippen LogP contribution >= 0.6 is 0 Å². The molecule has 1 aromatic carbocycles. The Kier molecular flexibility index (Phi) is 5.44. The first-order valence-electron chi connectivity index (χ1n) is 6.20. The molecule has 0 aliphatic carbocycles. The number of quaternary nitrogens is 1. The predicted octanol–water partition coefficient (Wildman–Crippen LogP) is 0.797. The smallest absolute Gasteiger partial charge is 0.137 e. The molecule has 0 amide bonds. The molecule has 0 spiro atoms. The maximum atomic E-state index is 9.79. The van der Waals surface area contributed by atoms with Gasteiger partial charge in [0.05, 0.1) is 12.6 Å². The number of aliphatic hydroxyl groups is 1. The Morgan fingerprint density at radius 2 is 1.72 bits per heavy atom. The molecule has 0 radical (unpaired) electrons. The van der Waals surface area contributed by atoms with Gasteiger partial charge in [-0.1, -0.05) is 0 Å². The van der Waals surface area contributed by atoms with Crippen molar-refractivity contribution in [3.63, 3.8) is 0 Å². The number of nitrogens with two attached hydrogens (primary N) is 1. The lowest BCUT2D eigenvalue weighted by atomic mass is 10.1. The maximum Gasteiger partial charge on any atom is 0.137 e. The van der Waals surface area contributed by atoms with Gasteiger partial charge in [-0.15, -0.1) is 0 Å². The van der Waals surface area contributed by atoms with Crippen LogP contribution in [-0.2, 0) is 0 Å². The van der Waals surface area contributed by atoms with Crippen molar-refractivity contribution in [1.29, 1.82) is 0 Å². The van der Waals surface area contributed by atoms with Gasteiger partial charge in [0.25, 0.3) is 0 Å². The number of aliphatic hydroxyl groups excluding tert-OH is 1.